The van der Waals surface area contributed by atoms with Crippen LogP contribution in [0.5, 0.6) is 0 Å². The zero-order chi connectivity index (χ0) is 31.6. The number of hydrogen-bond donors (Lipinski definition) is 0. The van der Waals surface area contributed by atoms with Crippen molar-refractivity contribution in [3.05, 3.63) is 185 Å². The minimum atomic E-state index is -0.726. The van der Waals surface area contributed by atoms with E-state index in [9.17, 15) is 4.79 Å². The number of furan rings is 1. The van der Waals surface area contributed by atoms with Crippen LogP contribution in [0.3, 0.4) is 0 Å². The molecule has 1 radical (unpaired) electrons. The second-order valence-corrected chi connectivity index (χ2v) is 16.1. The van der Waals surface area contributed by atoms with Crippen molar-refractivity contribution in [2.24, 2.45) is 5.92 Å². The van der Waals surface area contributed by atoms with E-state index < -0.39 is 25.9 Å². The number of carbonyl (C=O) groups is 1. The van der Waals surface area contributed by atoms with Gasteiger partial charge in [-0.2, -0.15) is 0 Å². The van der Waals surface area contributed by atoms with Gasteiger partial charge in [0.1, 0.15) is 0 Å². The number of allylic oxidation sites excluding steroid dienone is 4. The van der Waals surface area contributed by atoms with Gasteiger partial charge in [-0.15, -0.1) is 0 Å². The first-order chi connectivity index (χ1) is 23.7. The molecule has 0 bridgehead atoms. The van der Waals surface area contributed by atoms with Gasteiger partial charge in [0.25, 0.3) is 0 Å². The zero-order valence-electron chi connectivity index (χ0n) is 25.7. The van der Waals surface area contributed by atoms with Crippen LogP contribution in [0.15, 0.2) is 162 Å². The molecule has 4 heteroatoms. The van der Waals surface area contributed by atoms with E-state index in [2.05, 4.69) is 132 Å². The van der Waals surface area contributed by atoms with E-state index in [0.717, 1.165) is 44.6 Å². The van der Waals surface area contributed by atoms with E-state index in [1.807, 2.05) is 24.3 Å². The topological polar surface area (TPSA) is 33.5 Å². The summed E-state index contributed by atoms with van der Waals surface area (Å²) in [6, 6.07) is 49.7. The van der Waals surface area contributed by atoms with Crippen LogP contribution in [0.1, 0.15) is 32.6 Å². The van der Waals surface area contributed by atoms with Crippen LogP contribution in [-0.2, 0) is 5.41 Å². The second-order valence-electron chi connectivity index (χ2n) is 12.9. The summed E-state index contributed by atoms with van der Waals surface area (Å²) in [5.74, 6) is 0.0380. The van der Waals surface area contributed by atoms with Crippen molar-refractivity contribution >= 4 is 78.0 Å². The molecule has 1 atom stereocenters. The standard InChI is InChI=1S/C44H26NO2Te/c46-43-28-14-3-10-23-40(28)48-41-25-34-29(24-30(41)43)26-12-1-4-15-31(26)44(34)32-16-5-7-18-35(32)45(36-19-8-6-17-33(36)44)37-20-11-22-39-42(37)27-13-2-9-21-38(27)47-39/h1-25,30H. The Morgan fingerprint density at radius 2 is 1.23 bits per heavy atom. The molecule has 0 saturated heterocycles. The summed E-state index contributed by atoms with van der Waals surface area (Å²) in [4.78, 5) is 16.4. The quantitative estimate of drug-likeness (QED) is 0.158. The van der Waals surface area contributed by atoms with E-state index in [-0.39, 0.29) is 11.7 Å². The third-order valence-electron chi connectivity index (χ3n) is 10.6. The molecule has 1 aromatic heterocycles. The molecule has 3 nitrogen and oxygen atoms in total. The summed E-state index contributed by atoms with van der Waals surface area (Å²) in [6.45, 7) is 0. The van der Waals surface area contributed by atoms with E-state index in [1.54, 1.807) is 0 Å². The van der Waals surface area contributed by atoms with Crippen LogP contribution in [0.25, 0.3) is 27.5 Å². The number of Topliss-reactive ketones (excluding diaryl/α,β-unsaturated/α-hetero) is 1. The Morgan fingerprint density at radius 3 is 2.04 bits per heavy atom. The van der Waals surface area contributed by atoms with Crippen molar-refractivity contribution in [1.82, 2.24) is 0 Å². The first-order valence-corrected chi connectivity index (χ1v) is 18.7. The Morgan fingerprint density at radius 1 is 0.604 bits per heavy atom. The molecule has 4 aliphatic rings. The van der Waals surface area contributed by atoms with Crippen LogP contribution < -0.4 is 8.51 Å². The van der Waals surface area contributed by atoms with Gasteiger partial charge in [0.05, 0.1) is 0 Å². The number of rotatable bonds is 1. The van der Waals surface area contributed by atoms with Gasteiger partial charge in [0.2, 0.25) is 0 Å². The number of hydrogen-bond acceptors (Lipinski definition) is 3. The maximum atomic E-state index is 14.0. The Balaban J connectivity index is 1.24. The van der Waals surface area contributed by atoms with Gasteiger partial charge in [-0.25, -0.2) is 0 Å². The molecule has 6 aromatic carbocycles. The number of ketones is 1. The summed E-state index contributed by atoms with van der Waals surface area (Å²) in [5, 5.41) is 2.22. The van der Waals surface area contributed by atoms with Gasteiger partial charge in [-0.1, -0.05) is 6.07 Å². The van der Waals surface area contributed by atoms with Crippen molar-refractivity contribution in [1.29, 1.82) is 0 Å². The van der Waals surface area contributed by atoms with Gasteiger partial charge in [-0.05, 0) is 0 Å². The monoisotopic (exact) mass is 730 g/mol. The molecule has 2 aliphatic heterocycles. The van der Waals surface area contributed by atoms with Crippen molar-refractivity contribution in [3.63, 3.8) is 0 Å². The second kappa shape index (κ2) is 9.64. The molecular weight excluding hydrogens is 702 g/mol. The first kappa shape index (κ1) is 26.8. The van der Waals surface area contributed by atoms with Crippen molar-refractivity contribution < 1.29 is 9.21 Å². The molecule has 48 heavy (non-hydrogen) atoms. The fourth-order valence-electron chi connectivity index (χ4n) is 8.76. The summed E-state index contributed by atoms with van der Waals surface area (Å²) < 4.78 is 8.94. The fourth-order valence-corrected chi connectivity index (χ4v) is 12.1. The molecule has 0 N–H and O–H groups in total. The molecule has 11 rings (SSSR count). The van der Waals surface area contributed by atoms with Crippen molar-refractivity contribution in [2.45, 2.75) is 5.41 Å². The fraction of sp³-hybridized carbons (Fsp3) is 0.0455. The van der Waals surface area contributed by atoms with Crippen molar-refractivity contribution in [2.75, 3.05) is 4.90 Å². The number of fused-ring (bicyclic) bond motifs is 14. The van der Waals surface area contributed by atoms with Crippen LogP contribution in [0.4, 0.5) is 17.1 Å². The zero-order valence-corrected chi connectivity index (χ0v) is 28.0. The maximum absolute atomic E-state index is 14.0. The third kappa shape index (κ3) is 3.29. The van der Waals surface area contributed by atoms with Gasteiger partial charge in [0.15, 0.2) is 0 Å². The van der Waals surface area contributed by atoms with E-state index in [4.69, 9.17) is 4.42 Å². The predicted octanol–water partition coefficient (Wildman–Crippen LogP) is 9.06. The Bertz CT molecular complexity index is 2630. The Kier molecular flexibility index (Phi) is 5.38. The minimum absolute atomic E-state index is 0.193. The van der Waals surface area contributed by atoms with Crippen LogP contribution in [-0.4, -0.2) is 29.8 Å². The van der Waals surface area contributed by atoms with E-state index in [0.29, 0.717) is 0 Å². The molecule has 0 fully saturated rings. The third-order valence-corrected chi connectivity index (χ3v) is 14.0. The molecule has 3 heterocycles. The van der Waals surface area contributed by atoms with Crippen LogP contribution in [0, 0.1) is 5.92 Å². The van der Waals surface area contributed by atoms with Crippen LogP contribution >= 0.6 is 0 Å². The van der Waals surface area contributed by atoms with Gasteiger partial charge in [-0.3, -0.25) is 0 Å². The molecule has 1 unspecified atom stereocenters. The molecule has 225 valence electrons. The SMILES string of the molecule is O=C1c2ccccc2[Te]=C2C=C3C(=CC12)c1ccccc1C31c2ccccc2N(c2cccc3oc4ccccc4c23)c2ccccc21. The normalized spacial score (nSPS) is 17.9. The number of para-hydroxylation sites is 3. The molecule has 7 aromatic rings. The van der Waals surface area contributed by atoms with Crippen molar-refractivity contribution in [3.8, 4) is 0 Å². The summed E-state index contributed by atoms with van der Waals surface area (Å²) >= 11 is -0.726. The van der Waals surface area contributed by atoms with Gasteiger partial charge < -0.3 is 0 Å². The number of benzene rings is 6. The molecule has 0 saturated carbocycles. The predicted molar refractivity (Wildman–Crippen MR) is 195 cm³/mol. The summed E-state index contributed by atoms with van der Waals surface area (Å²) in [5.41, 5.74) is 13.0. The first-order valence-electron chi connectivity index (χ1n) is 16.3. The number of nitrogens with zero attached hydrogens (tertiary/aromatic N) is 1. The summed E-state index contributed by atoms with van der Waals surface area (Å²) in [7, 11) is 0. The average molecular weight is 728 g/mol. The molecule has 1 spiro atoms. The van der Waals surface area contributed by atoms with Gasteiger partial charge in [0, 0.05) is 0 Å². The van der Waals surface area contributed by atoms with Crippen LogP contribution in [0.2, 0.25) is 0 Å². The average Bonchev–Trinajstić information content (AvgIpc) is 3.66. The Hall–Kier alpha value is -5.27. The molecular formula is C44H26NO2Te. The Labute approximate surface area is 287 Å². The molecule has 0 amide bonds. The number of carbonyl (C=O) groups excluding carboxylic acids is 1. The van der Waals surface area contributed by atoms with E-state index >= 15 is 0 Å². The molecule has 2 aliphatic carbocycles. The van der Waals surface area contributed by atoms with E-state index in [1.165, 1.54) is 40.6 Å². The summed E-state index contributed by atoms with van der Waals surface area (Å²) in [6.07, 6.45) is 4.75. The number of anilines is 3. The van der Waals surface area contributed by atoms with Gasteiger partial charge >= 0.3 is 282 Å².